The Balaban J connectivity index is 1.12. The third kappa shape index (κ3) is 4.50. The molecule has 3 aliphatic rings. The fourth-order valence-electron chi connectivity index (χ4n) is 5.40. The first-order valence-electron chi connectivity index (χ1n) is 12.2. The van der Waals surface area contributed by atoms with Gasteiger partial charge in [0.25, 0.3) is 5.91 Å². The van der Waals surface area contributed by atoms with E-state index in [1.165, 1.54) is 6.07 Å². The van der Waals surface area contributed by atoms with Crippen molar-refractivity contribution in [3.8, 4) is 17.2 Å². The van der Waals surface area contributed by atoms with Gasteiger partial charge in [0.2, 0.25) is 0 Å². The number of aryl methyl sites for hydroxylation is 1. The Kier molecular flexibility index (Phi) is 5.68. The summed E-state index contributed by atoms with van der Waals surface area (Å²) in [5.74, 6) is 1.38. The number of ether oxygens (including phenoxy) is 3. The number of carbonyl (C=O) groups excluding carboxylic acids is 1. The van der Waals surface area contributed by atoms with Crippen LogP contribution in [0.3, 0.4) is 0 Å². The molecular weight excluding hydrogens is 449 g/mol. The van der Waals surface area contributed by atoms with Crippen molar-refractivity contribution in [2.24, 2.45) is 5.92 Å². The number of rotatable bonds is 4. The van der Waals surface area contributed by atoms with Crippen LogP contribution in [0.15, 0.2) is 36.4 Å². The summed E-state index contributed by atoms with van der Waals surface area (Å²) in [6.07, 6.45) is 2.84. The number of nitrogens with one attached hydrogen (secondary N) is 1. The molecule has 35 heavy (non-hydrogen) atoms. The lowest BCUT2D eigenvalue weighted by Crippen LogP contribution is -2.45. The summed E-state index contributed by atoms with van der Waals surface area (Å²) in [4.78, 5) is 18.7. The second-order valence-corrected chi connectivity index (χ2v) is 9.73. The molecule has 0 radical (unpaired) electrons. The fraction of sp³-hybridized carbons (Fsp3) is 0.407. The van der Waals surface area contributed by atoms with Crippen LogP contribution in [-0.4, -0.2) is 54.7 Å². The van der Waals surface area contributed by atoms with E-state index in [1.54, 1.807) is 0 Å². The molecule has 182 valence electrons. The van der Waals surface area contributed by atoms with Gasteiger partial charge >= 0.3 is 0 Å². The standard InChI is InChI=1S/C27H28FN3O4/c1-16-4-5-20-22(29-16)6-7-24-26(20)35-19(14-33-24)13-31-8-2-3-17(12-31)9-18-10-21(28)27-23(11-18)30-25(32)15-34-27/h4-7,10-11,17,19H,2-3,8-9,12-15H2,1H3,(H,30,32)/t17?,19-/m0/s1. The van der Waals surface area contributed by atoms with Crippen molar-refractivity contribution in [2.45, 2.75) is 32.3 Å². The van der Waals surface area contributed by atoms with Crippen LogP contribution in [0.4, 0.5) is 10.1 Å². The minimum Gasteiger partial charge on any atom is -0.486 e. The summed E-state index contributed by atoms with van der Waals surface area (Å²) in [6, 6.07) is 11.3. The predicted octanol–water partition coefficient (Wildman–Crippen LogP) is 4.11. The number of aromatic nitrogens is 1. The molecular formula is C27H28FN3O4. The van der Waals surface area contributed by atoms with Gasteiger partial charge in [0, 0.05) is 24.2 Å². The molecule has 1 unspecified atom stereocenters. The minimum absolute atomic E-state index is 0.0679. The van der Waals surface area contributed by atoms with Gasteiger partial charge in [-0.25, -0.2) is 4.39 Å². The zero-order valence-corrected chi connectivity index (χ0v) is 19.7. The summed E-state index contributed by atoms with van der Waals surface area (Å²) in [5.41, 5.74) is 3.18. The van der Waals surface area contributed by atoms with Crippen molar-refractivity contribution in [3.05, 3.63) is 53.5 Å². The number of pyridine rings is 1. The third-order valence-corrected chi connectivity index (χ3v) is 6.95. The maximum Gasteiger partial charge on any atom is 0.262 e. The minimum atomic E-state index is -0.423. The van der Waals surface area contributed by atoms with Gasteiger partial charge in [-0.05, 0) is 80.6 Å². The van der Waals surface area contributed by atoms with E-state index in [0.29, 0.717) is 18.2 Å². The number of piperidine rings is 1. The Labute approximate surface area is 203 Å². The number of hydrogen-bond donors (Lipinski definition) is 1. The van der Waals surface area contributed by atoms with E-state index in [-0.39, 0.29) is 24.4 Å². The second kappa shape index (κ2) is 9.00. The lowest BCUT2D eigenvalue weighted by molar-refractivity contribution is -0.118. The van der Waals surface area contributed by atoms with Crippen LogP contribution in [0.1, 0.15) is 24.1 Å². The van der Waals surface area contributed by atoms with Crippen LogP contribution in [0.25, 0.3) is 10.9 Å². The van der Waals surface area contributed by atoms with Crippen LogP contribution >= 0.6 is 0 Å². The summed E-state index contributed by atoms with van der Waals surface area (Å²) in [6.45, 7) is 5.02. The highest BCUT2D eigenvalue weighted by atomic mass is 19.1. The SMILES string of the molecule is Cc1ccc2c3c(ccc2n1)OC[C@H](CN1CCCC(Cc2cc(F)c4c(c2)NC(=O)CO4)C1)O3. The molecule has 4 heterocycles. The van der Waals surface area contributed by atoms with Gasteiger partial charge in [0.15, 0.2) is 29.7 Å². The zero-order valence-electron chi connectivity index (χ0n) is 19.7. The van der Waals surface area contributed by atoms with Crippen molar-refractivity contribution in [2.75, 3.05) is 38.2 Å². The van der Waals surface area contributed by atoms with Gasteiger partial charge in [-0.2, -0.15) is 0 Å². The highest BCUT2D eigenvalue weighted by Crippen LogP contribution is 2.39. The van der Waals surface area contributed by atoms with Crippen LogP contribution in [-0.2, 0) is 11.2 Å². The largest absolute Gasteiger partial charge is 0.486 e. The Hall–Kier alpha value is -3.39. The van der Waals surface area contributed by atoms with Crippen molar-refractivity contribution >= 4 is 22.5 Å². The van der Waals surface area contributed by atoms with E-state index >= 15 is 0 Å². The number of benzene rings is 2. The maximum atomic E-state index is 14.5. The van der Waals surface area contributed by atoms with Gasteiger partial charge in [-0.3, -0.25) is 14.7 Å². The number of nitrogens with zero attached hydrogens (tertiary/aromatic N) is 2. The van der Waals surface area contributed by atoms with Gasteiger partial charge in [0.1, 0.15) is 12.7 Å². The van der Waals surface area contributed by atoms with E-state index in [4.69, 9.17) is 14.2 Å². The average Bonchev–Trinajstić information content (AvgIpc) is 2.83. The quantitative estimate of drug-likeness (QED) is 0.610. The van der Waals surface area contributed by atoms with Crippen LogP contribution < -0.4 is 19.5 Å². The van der Waals surface area contributed by atoms with E-state index in [0.717, 1.165) is 72.6 Å². The molecule has 0 bridgehead atoms. The molecule has 1 N–H and O–H groups in total. The molecule has 0 spiro atoms. The van der Waals surface area contributed by atoms with E-state index in [9.17, 15) is 9.18 Å². The number of amides is 1. The number of anilines is 1. The fourth-order valence-corrected chi connectivity index (χ4v) is 5.40. The van der Waals surface area contributed by atoms with Crippen LogP contribution in [0, 0.1) is 18.7 Å². The van der Waals surface area contributed by atoms with Gasteiger partial charge < -0.3 is 19.5 Å². The maximum absolute atomic E-state index is 14.5. The Morgan fingerprint density at radius 2 is 2.09 bits per heavy atom. The molecule has 1 aromatic heterocycles. The van der Waals surface area contributed by atoms with Crippen molar-refractivity contribution < 1.29 is 23.4 Å². The molecule has 2 atom stereocenters. The van der Waals surface area contributed by atoms with E-state index < -0.39 is 5.82 Å². The highest BCUT2D eigenvalue weighted by molar-refractivity contribution is 5.95. The van der Waals surface area contributed by atoms with E-state index in [1.807, 2.05) is 37.3 Å². The smallest absolute Gasteiger partial charge is 0.262 e. The summed E-state index contributed by atoms with van der Waals surface area (Å²) >= 11 is 0. The number of hydrogen-bond acceptors (Lipinski definition) is 6. The predicted molar refractivity (Wildman–Crippen MR) is 130 cm³/mol. The van der Waals surface area contributed by atoms with Gasteiger partial charge in [-0.1, -0.05) is 0 Å². The number of fused-ring (bicyclic) bond motifs is 4. The molecule has 2 aromatic carbocycles. The zero-order chi connectivity index (χ0) is 23.9. The molecule has 1 amide bonds. The molecule has 0 aliphatic carbocycles. The highest BCUT2D eigenvalue weighted by Gasteiger charge is 2.29. The summed E-state index contributed by atoms with van der Waals surface area (Å²) < 4.78 is 32.2. The Bertz CT molecular complexity index is 1300. The third-order valence-electron chi connectivity index (χ3n) is 6.95. The summed E-state index contributed by atoms with van der Waals surface area (Å²) in [7, 11) is 0. The van der Waals surface area contributed by atoms with E-state index in [2.05, 4.69) is 15.2 Å². The lowest BCUT2D eigenvalue weighted by atomic mass is 9.90. The topological polar surface area (TPSA) is 72.9 Å². The summed E-state index contributed by atoms with van der Waals surface area (Å²) in [5, 5.41) is 3.69. The molecule has 8 heteroatoms. The first kappa shape index (κ1) is 22.1. The molecule has 1 saturated heterocycles. The molecule has 7 nitrogen and oxygen atoms in total. The van der Waals surface area contributed by atoms with Crippen molar-refractivity contribution in [3.63, 3.8) is 0 Å². The Morgan fingerprint density at radius 3 is 3.00 bits per heavy atom. The molecule has 6 rings (SSSR count). The number of halogens is 1. The van der Waals surface area contributed by atoms with Crippen molar-refractivity contribution in [1.82, 2.24) is 9.88 Å². The molecule has 3 aliphatic heterocycles. The Morgan fingerprint density at radius 1 is 1.17 bits per heavy atom. The molecule has 0 saturated carbocycles. The van der Waals surface area contributed by atoms with Gasteiger partial charge in [-0.15, -0.1) is 0 Å². The second-order valence-electron chi connectivity index (χ2n) is 9.73. The average molecular weight is 478 g/mol. The first-order valence-corrected chi connectivity index (χ1v) is 12.2. The van der Waals surface area contributed by atoms with Gasteiger partial charge in [0.05, 0.1) is 11.2 Å². The normalized spacial score (nSPS) is 21.8. The number of likely N-dealkylation sites (tertiary alicyclic amines) is 1. The molecule has 1 fully saturated rings. The monoisotopic (exact) mass is 477 g/mol. The number of carbonyl (C=O) groups is 1. The molecule has 3 aromatic rings. The lowest BCUT2D eigenvalue weighted by Gasteiger charge is -2.36. The van der Waals surface area contributed by atoms with Crippen molar-refractivity contribution in [1.29, 1.82) is 0 Å². The van der Waals surface area contributed by atoms with Crippen LogP contribution in [0.5, 0.6) is 17.2 Å². The first-order chi connectivity index (χ1) is 17.0. The van der Waals surface area contributed by atoms with Crippen LogP contribution in [0.2, 0.25) is 0 Å².